The van der Waals surface area contributed by atoms with E-state index in [1.165, 1.54) is 12.1 Å². The minimum atomic E-state index is -2.41. The molecule has 2 aromatic carbocycles. The molecule has 10 nitrogen and oxygen atoms in total. The van der Waals surface area contributed by atoms with Crippen molar-refractivity contribution in [3.8, 4) is 0 Å². The highest BCUT2D eigenvalue weighted by Crippen LogP contribution is 2.25. The van der Waals surface area contributed by atoms with Gasteiger partial charge in [-0.3, -0.25) is 14.3 Å². The first-order valence-electron chi connectivity index (χ1n) is 7.96. The van der Waals surface area contributed by atoms with Gasteiger partial charge in [0.1, 0.15) is 5.82 Å². The Bertz CT molecular complexity index is 1010. The Morgan fingerprint density at radius 3 is 2.50 bits per heavy atom. The van der Waals surface area contributed by atoms with E-state index in [0.29, 0.717) is 23.1 Å². The number of rotatable bonds is 7. The highest BCUT2D eigenvalue weighted by atomic mass is 32.2. The van der Waals surface area contributed by atoms with Crippen molar-refractivity contribution in [3.63, 3.8) is 0 Å². The van der Waals surface area contributed by atoms with Crippen molar-refractivity contribution < 1.29 is 13.7 Å². The zero-order valence-corrected chi connectivity index (χ0v) is 15.4. The van der Waals surface area contributed by atoms with Crippen molar-refractivity contribution in [1.82, 2.24) is 9.97 Å². The van der Waals surface area contributed by atoms with Crippen LogP contribution in [0.1, 0.15) is 0 Å². The summed E-state index contributed by atoms with van der Waals surface area (Å²) < 4.78 is 23.8. The Morgan fingerprint density at radius 1 is 1.11 bits per heavy atom. The fourth-order valence-electron chi connectivity index (χ4n) is 2.41. The maximum Gasteiger partial charge on any atom is 0.269 e. The lowest BCUT2D eigenvalue weighted by Crippen LogP contribution is -2.12. The quantitative estimate of drug-likeness (QED) is 0.351. The average Bonchev–Trinajstić information content (AvgIpc) is 2.67. The summed E-state index contributed by atoms with van der Waals surface area (Å²) in [5.41, 5.74) is 1.73. The molecule has 1 unspecified atom stereocenters. The maximum atomic E-state index is 10.8. The van der Waals surface area contributed by atoms with Crippen molar-refractivity contribution in [2.75, 3.05) is 22.0 Å². The molecule has 2 N–H and O–H groups in total. The number of non-ortho nitro benzene ring substituents is 1. The molecule has 0 saturated carbocycles. The molecule has 28 heavy (non-hydrogen) atoms. The highest BCUT2D eigenvalue weighted by molar-refractivity contribution is 7.80. The van der Waals surface area contributed by atoms with Gasteiger partial charge in [0, 0.05) is 53.7 Å². The summed E-state index contributed by atoms with van der Waals surface area (Å²) in [6.07, 6.45) is 1.57. The van der Waals surface area contributed by atoms with Crippen molar-refractivity contribution in [2.24, 2.45) is 0 Å². The molecule has 0 aliphatic rings. The molecule has 1 aromatic heterocycles. The topological polar surface area (TPSA) is 136 Å². The Labute approximate surface area is 162 Å². The van der Waals surface area contributed by atoms with Gasteiger partial charge in [-0.25, -0.2) is 4.98 Å². The van der Waals surface area contributed by atoms with Crippen LogP contribution in [-0.4, -0.2) is 30.7 Å². The normalized spacial score (nSPS) is 11.5. The fraction of sp³-hybridized carbons (Fsp3) is 0.0588. The van der Waals surface area contributed by atoms with Crippen molar-refractivity contribution in [1.29, 1.82) is 0 Å². The molecule has 0 saturated heterocycles. The first kappa shape index (κ1) is 19.2. The average molecular weight is 399 g/mol. The van der Waals surface area contributed by atoms with E-state index in [4.69, 9.17) is 0 Å². The van der Waals surface area contributed by atoms with Gasteiger partial charge in [0.2, 0.25) is 5.95 Å². The van der Waals surface area contributed by atoms with E-state index >= 15 is 0 Å². The minimum absolute atomic E-state index is 0.00898. The van der Waals surface area contributed by atoms with Crippen molar-refractivity contribution in [3.05, 3.63) is 70.9 Å². The first-order chi connectivity index (χ1) is 13.4. The van der Waals surface area contributed by atoms with E-state index in [1.54, 1.807) is 60.6 Å². The third-order valence-electron chi connectivity index (χ3n) is 3.75. The summed E-state index contributed by atoms with van der Waals surface area (Å²) in [5, 5.41) is 13.8. The number of nitrogens with one attached hydrogen (secondary N) is 2. The van der Waals surface area contributed by atoms with Crippen LogP contribution < -0.4 is 14.9 Å². The summed E-state index contributed by atoms with van der Waals surface area (Å²) >= 11 is -2.41. The van der Waals surface area contributed by atoms with E-state index in [2.05, 4.69) is 20.0 Å². The molecule has 0 radical (unpaired) electrons. The Balaban J connectivity index is 1.78. The first-order valence-corrected chi connectivity index (χ1v) is 9.04. The molecular formula is C17H15N6O4S-. The molecule has 0 fully saturated rings. The van der Waals surface area contributed by atoms with Crippen LogP contribution in [0.15, 0.2) is 60.8 Å². The van der Waals surface area contributed by atoms with Gasteiger partial charge in [-0.15, -0.1) is 0 Å². The molecule has 144 valence electrons. The van der Waals surface area contributed by atoms with Gasteiger partial charge in [0.25, 0.3) is 5.69 Å². The van der Waals surface area contributed by atoms with E-state index in [1.807, 2.05) is 0 Å². The van der Waals surface area contributed by atoms with E-state index in [9.17, 15) is 18.9 Å². The van der Waals surface area contributed by atoms with Crippen molar-refractivity contribution >= 4 is 45.8 Å². The van der Waals surface area contributed by atoms with Gasteiger partial charge in [0.05, 0.1) is 4.92 Å². The Kier molecular flexibility index (Phi) is 5.77. The van der Waals surface area contributed by atoms with Gasteiger partial charge in [0.15, 0.2) is 0 Å². The number of nitro groups is 1. The number of nitro benzene ring substituents is 1. The number of hydrogen-bond acceptors (Lipinski definition) is 8. The predicted octanol–water partition coefficient (Wildman–Crippen LogP) is 3.10. The summed E-state index contributed by atoms with van der Waals surface area (Å²) in [4.78, 5) is 20.7. The van der Waals surface area contributed by atoms with E-state index < -0.39 is 16.2 Å². The van der Waals surface area contributed by atoms with Crippen LogP contribution in [0.3, 0.4) is 0 Å². The second kappa shape index (κ2) is 8.41. The Hall–Kier alpha value is -3.57. The molecule has 1 atom stereocenters. The molecular weight excluding hydrogens is 384 g/mol. The largest absolute Gasteiger partial charge is 0.755 e. The zero-order valence-electron chi connectivity index (χ0n) is 14.6. The van der Waals surface area contributed by atoms with Crippen LogP contribution in [-0.2, 0) is 11.3 Å². The van der Waals surface area contributed by atoms with Gasteiger partial charge in [-0.1, -0.05) is 6.07 Å². The molecule has 0 aliphatic carbocycles. The lowest BCUT2D eigenvalue weighted by molar-refractivity contribution is -0.384. The zero-order chi connectivity index (χ0) is 20.1. The molecule has 0 bridgehead atoms. The third-order valence-corrected chi connectivity index (χ3v) is 4.15. The summed E-state index contributed by atoms with van der Waals surface area (Å²) in [6.45, 7) is 0. The summed E-state index contributed by atoms with van der Waals surface area (Å²) in [7, 11) is 1.78. The van der Waals surface area contributed by atoms with Gasteiger partial charge in [-0.2, -0.15) is 4.98 Å². The number of aromatic nitrogens is 2. The number of hydrogen-bond donors (Lipinski definition) is 2. The van der Waals surface area contributed by atoms with Crippen LogP contribution in [0.2, 0.25) is 0 Å². The van der Waals surface area contributed by atoms with Gasteiger partial charge >= 0.3 is 0 Å². The van der Waals surface area contributed by atoms with E-state index in [-0.39, 0.29) is 5.69 Å². The predicted molar refractivity (Wildman–Crippen MR) is 105 cm³/mol. The Morgan fingerprint density at radius 2 is 1.82 bits per heavy atom. The molecule has 0 spiro atoms. The van der Waals surface area contributed by atoms with Gasteiger partial charge < -0.3 is 19.5 Å². The molecule has 1 heterocycles. The van der Waals surface area contributed by atoms with Crippen LogP contribution in [0.25, 0.3) is 0 Å². The number of anilines is 5. The molecule has 3 rings (SSSR count). The lowest BCUT2D eigenvalue weighted by Gasteiger charge is -2.18. The van der Waals surface area contributed by atoms with Crippen molar-refractivity contribution in [2.45, 2.75) is 0 Å². The van der Waals surface area contributed by atoms with Crippen LogP contribution in [0, 0.1) is 10.1 Å². The minimum Gasteiger partial charge on any atom is -0.755 e. The lowest BCUT2D eigenvalue weighted by atomic mass is 10.2. The smallest absolute Gasteiger partial charge is 0.269 e. The van der Waals surface area contributed by atoms with E-state index in [0.717, 1.165) is 5.69 Å². The molecule has 0 aliphatic heterocycles. The molecule has 0 amide bonds. The summed E-state index contributed by atoms with van der Waals surface area (Å²) in [6, 6.07) is 14.4. The number of benzene rings is 2. The molecule has 3 aromatic rings. The second-order valence-electron chi connectivity index (χ2n) is 5.61. The van der Waals surface area contributed by atoms with Crippen LogP contribution >= 0.6 is 0 Å². The van der Waals surface area contributed by atoms with Gasteiger partial charge in [-0.05, 0) is 36.4 Å². The number of nitrogens with zero attached hydrogens (tertiary/aromatic N) is 4. The SMILES string of the molecule is CN(c1ccc([N+](=O)[O-])cc1)c1ccnc(Nc2cccc(NS(=O)[O-])c2)n1. The highest BCUT2D eigenvalue weighted by Gasteiger charge is 2.10. The molecule has 11 heteroatoms. The monoisotopic (exact) mass is 399 g/mol. The second-order valence-corrected chi connectivity index (χ2v) is 6.29. The van der Waals surface area contributed by atoms with Crippen LogP contribution in [0.5, 0.6) is 0 Å². The van der Waals surface area contributed by atoms with Crippen LogP contribution in [0.4, 0.5) is 34.5 Å². The fourth-order valence-corrected chi connectivity index (χ4v) is 2.73. The third kappa shape index (κ3) is 4.78. The maximum absolute atomic E-state index is 10.8. The standard InChI is InChI=1S/C17H16N6O4S/c1-22(14-5-7-15(8-6-14)23(24)25)16-9-10-18-17(20-16)19-12-3-2-4-13(11-12)21-28(26)27/h2-11,21H,1H3,(H,26,27)(H,18,19,20)/p-1. The summed E-state index contributed by atoms with van der Waals surface area (Å²) in [5.74, 6) is 0.882.